The van der Waals surface area contributed by atoms with Crippen LogP contribution in [0.1, 0.15) is 43.2 Å². The van der Waals surface area contributed by atoms with Gasteiger partial charge < -0.3 is 0 Å². The Hall–Kier alpha value is -5.45. The van der Waals surface area contributed by atoms with Crippen molar-refractivity contribution in [1.82, 2.24) is 15.0 Å². The van der Waals surface area contributed by atoms with Crippen LogP contribution in [0.25, 0.3) is 76.6 Å². The fourth-order valence-corrected chi connectivity index (χ4v) is 9.65. The Morgan fingerprint density at radius 1 is 0.429 bits per heavy atom. The van der Waals surface area contributed by atoms with Crippen LogP contribution in [0.4, 0.5) is 0 Å². The molecule has 1 spiro atoms. The number of hydrogen-bond acceptors (Lipinski definition) is 4. The van der Waals surface area contributed by atoms with Gasteiger partial charge in [-0.25, -0.2) is 15.0 Å². The molecule has 2 aromatic heterocycles. The highest BCUT2D eigenvalue weighted by Gasteiger charge is 2.44. The monoisotopic (exact) mass is 647 g/mol. The average Bonchev–Trinajstić information content (AvgIpc) is 3.68. The molecule has 1 fully saturated rings. The molecule has 0 saturated heterocycles. The fraction of sp³-hybridized carbons (Fsp3) is 0.133. The predicted molar refractivity (Wildman–Crippen MR) is 204 cm³/mol. The summed E-state index contributed by atoms with van der Waals surface area (Å²) in [5, 5.41) is 2.55. The number of benzene rings is 6. The number of rotatable bonds is 4. The third kappa shape index (κ3) is 4.58. The van der Waals surface area contributed by atoms with E-state index in [0.717, 1.165) is 16.7 Å². The summed E-state index contributed by atoms with van der Waals surface area (Å²) in [5.41, 5.74) is 11.7. The maximum atomic E-state index is 4.98. The summed E-state index contributed by atoms with van der Waals surface area (Å²) in [6, 6.07) is 50.3. The largest absolute Gasteiger partial charge is 0.208 e. The van der Waals surface area contributed by atoms with Crippen LogP contribution in [0.2, 0.25) is 0 Å². The Labute approximate surface area is 290 Å². The van der Waals surface area contributed by atoms with Crippen LogP contribution in [-0.4, -0.2) is 15.0 Å². The summed E-state index contributed by atoms with van der Waals surface area (Å²) in [4.78, 5) is 14.8. The molecule has 0 atom stereocenters. The number of fused-ring (bicyclic) bond motifs is 8. The van der Waals surface area contributed by atoms with Gasteiger partial charge in [0.1, 0.15) is 0 Å². The minimum Gasteiger partial charge on any atom is -0.208 e. The summed E-state index contributed by atoms with van der Waals surface area (Å²) < 4.78 is 2.53. The topological polar surface area (TPSA) is 38.7 Å². The van der Waals surface area contributed by atoms with Crippen LogP contribution >= 0.6 is 11.3 Å². The van der Waals surface area contributed by atoms with E-state index < -0.39 is 0 Å². The highest BCUT2D eigenvalue weighted by molar-refractivity contribution is 7.25. The molecule has 0 N–H and O–H groups in total. The Kier molecular flexibility index (Phi) is 6.60. The molecule has 2 aliphatic carbocycles. The lowest BCUT2D eigenvalue weighted by Gasteiger charge is -2.36. The van der Waals surface area contributed by atoms with Crippen LogP contribution in [0.3, 0.4) is 0 Å². The average molecular weight is 648 g/mol. The van der Waals surface area contributed by atoms with Gasteiger partial charge in [-0.1, -0.05) is 147 Å². The first-order valence-electron chi connectivity index (χ1n) is 17.3. The Balaban J connectivity index is 1.09. The summed E-state index contributed by atoms with van der Waals surface area (Å²) >= 11 is 1.85. The van der Waals surface area contributed by atoms with E-state index in [1.807, 2.05) is 47.7 Å². The van der Waals surface area contributed by atoms with E-state index >= 15 is 0 Å². The molecule has 2 aliphatic rings. The van der Waals surface area contributed by atoms with Crippen molar-refractivity contribution in [2.75, 3.05) is 0 Å². The van der Waals surface area contributed by atoms with Gasteiger partial charge in [0.15, 0.2) is 17.5 Å². The van der Waals surface area contributed by atoms with E-state index in [1.165, 1.54) is 85.7 Å². The zero-order valence-electron chi connectivity index (χ0n) is 27.1. The van der Waals surface area contributed by atoms with Gasteiger partial charge in [0.2, 0.25) is 0 Å². The summed E-state index contributed by atoms with van der Waals surface area (Å²) in [5.74, 6) is 2.04. The Bertz CT molecular complexity index is 2470. The molecule has 0 aliphatic heterocycles. The lowest BCUT2D eigenvalue weighted by Crippen LogP contribution is -2.27. The van der Waals surface area contributed by atoms with Crippen molar-refractivity contribution < 1.29 is 0 Å². The highest BCUT2D eigenvalue weighted by Crippen LogP contribution is 2.58. The lowest BCUT2D eigenvalue weighted by atomic mass is 9.68. The first-order chi connectivity index (χ1) is 24.2. The van der Waals surface area contributed by atoms with Crippen molar-refractivity contribution in [2.24, 2.45) is 0 Å². The van der Waals surface area contributed by atoms with Crippen LogP contribution in [0.5, 0.6) is 0 Å². The SMILES string of the molecule is c1ccc(-c2nc(-c3ccccc3)nc(-c3ccc4c(c3)sc3cc(-c5cccc6c5-c5ccccc5C65CCCCC5)ccc34)n2)cc1. The van der Waals surface area contributed by atoms with E-state index in [1.54, 1.807) is 0 Å². The molecular formula is C45H33N3S. The predicted octanol–water partition coefficient (Wildman–Crippen LogP) is 12.1. The van der Waals surface area contributed by atoms with E-state index in [4.69, 9.17) is 15.0 Å². The Morgan fingerprint density at radius 2 is 0.959 bits per heavy atom. The Morgan fingerprint density at radius 3 is 1.63 bits per heavy atom. The highest BCUT2D eigenvalue weighted by atomic mass is 32.1. The molecule has 1 saturated carbocycles. The number of hydrogen-bond donors (Lipinski definition) is 0. The molecule has 0 unspecified atom stereocenters. The van der Waals surface area contributed by atoms with Gasteiger partial charge in [0.05, 0.1) is 0 Å². The molecule has 3 nitrogen and oxygen atoms in total. The van der Waals surface area contributed by atoms with E-state index in [2.05, 4.69) is 103 Å². The van der Waals surface area contributed by atoms with Crippen molar-refractivity contribution >= 4 is 31.5 Å². The molecule has 0 bridgehead atoms. The number of nitrogens with zero attached hydrogens (tertiary/aromatic N) is 3. The molecule has 49 heavy (non-hydrogen) atoms. The molecule has 0 amide bonds. The quantitative estimate of drug-likeness (QED) is 0.191. The first kappa shape index (κ1) is 28.6. The number of thiophene rings is 1. The van der Waals surface area contributed by atoms with Crippen LogP contribution in [0.15, 0.2) is 140 Å². The van der Waals surface area contributed by atoms with Crippen molar-refractivity contribution in [3.8, 4) is 56.4 Å². The second-order valence-corrected chi connectivity index (χ2v) is 14.6. The zero-order chi connectivity index (χ0) is 32.4. The molecule has 8 aromatic rings. The third-order valence-corrected chi connectivity index (χ3v) is 11.9. The van der Waals surface area contributed by atoms with Gasteiger partial charge in [0, 0.05) is 42.3 Å². The molecule has 6 aromatic carbocycles. The van der Waals surface area contributed by atoms with Crippen LogP contribution in [-0.2, 0) is 5.41 Å². The smallest absolute Gasteiger partial charge is 0.164 e. The molecule has 2 heterocycles. The van der Waals surface area contributed by atoms with Crippen molar-refractivity contribution in [3.63, 3.8) is 0 Å². The van der Waals surface area contributed by atoms with Crippen molar-refractivity contribution in [3.05, 3.63) is 151 Å². The summed E-state index contributed by atoms with van der Waals surface area (Å²) in [7, 11) is 0. The van der Waals surface area contributed by atoms with Gasteiger partial charge in [-0.15, -0.1) is 11.3 Å². The standard InChI is InChI=1S/C45H33N3S/c1-4-13-29(14-5-1)42-46-43(30-15-6-2-7-16-30)48-44(47-42)32-22-24-35-34-23-21-31(27-39(34)49-40(35)28-32)33-18-12-20-38-41(33)36-17-8-9-19-37(36)45(38)25-10-3-11-26-45/h1-2,4-9,12-24,27-28H,3,10-11,25-26H2. The van der Waals surface area contributed by atoms with Crippen LogP contribution < -0.4 is 0 Å². The minimum absolute atomic E-state index is 0.161. The molecule has 4 heteroatoms. The fourth-order valence-electron chi connectivity index (χ4n) is 8.46. The van der Waals surface area contributed by atoms with Gasteiger partial charge in [-0.2, -0.15) is 0 Å². The van der Waals surface area contributed by atoms with Gasteiger partial charge in [-0.05, 0) is 58.4 Å². The second kappa shape index (κ2) is 11.3. The summed E-state index contributed by atoms with van der Waals surface area (Å²) in [6.07, 6.45) is 6.45. The third-order valence-electron chi connectivity index (χ3n) is 10.7. The molecule has 234 valence electrons. The van der Waals surface area contributed by atoms with Gasteiger partial charge >= 0.3 is 0 Å². The van der Waals surface area contributed by atoms with Gasteiger partial charge in [-0.3, -0.25) is 0 Å². The first-order valence-corrected chi connectivity index (χ1v) is 18.1. The maximum absolute atomic E-state index is 4.98. The number of aromatic nitrogens is 3. The zero-order valence-corrected chi connectivity index (χ0v) is 27.9. The molecule has 0 radical (unpaired) electrons. The van der Waals surface area contributed by atoms with E-state index in [-0.39, 0.29) is 5.41 Å². The van der Waals surface area contributed by atoms with Crippen LogP contribution in [0, 0.1) is 0 Å². The van der Waals surface area contributed by atoms with Crippen molar-refractivity contribution in [2.45, 2.75) is 37.5 Å². The van der Waals surface area contributed by atoms with Gasteiger partial charge in [0.25, 0.3) is 0 Å². The van der Waals surface area contributed by atoms with Crippen molar-refractivity contribution in [1.29, 1.82) is 0 Å². The second-order valence-electron chi connectivity index (χ2n) is 13.5. The van der Waals surface area contributed by atoms with E-state index in [0.29, 0.717) is 17.5 Å². The lowest BCUT2D eigenvalue weighted by molar-refractivity contribution is 0.353. The summed E-state index contributed by atoms with van der Waals surface area (Å²) in [6.45, 7) is 0. The van der Waals surface area contributed by atoms with E-state index in [9.17, 15) is 0 Å². The minimum atomic E-state index is 0.161. The normalized spacial score (nSPS) is 14.7. The molecular weight excluding hydrogens is 615 g/mol. The molecule has 10 rings (SSSR count). The maximum Gasteiger partial charge on any atom is 0.164 e.